The second-order valence-electron chi connectivity index (χ2n) is 3.76. The summed E-state index contributed by atoms with van der Waals surface area (Å²) in [4.78, 5) is 10.8. The molecule has 0 radical (unpaired) electrons. The number of ether oxygens (including phenoxy) is 1. The van der Waals surface area contributed by atoms with Gasteiger partial charge in [-0.3, -0.25) is 10.1 Å². The second-order valence-corrected chi connectivity index (χ2v) is 3.76. The van der Waals surface area contributed by atoms with Crippen LogP contribution in [0.15, 0.2) is 0 Å². The third-order valence-electron chi connectivity index (χ3n) is 2.53. The number of carboxylic acids is 1. The molecule has 1 unspecified atom stereocenters. The van der Waals surface area contributed by atoms with Crippen molar-refractivity contribution >= 4 is 5.97 Å². The number of aliphatic carboxylic acids is 1. The van der Waals surface area contributed by atoms with Crippen molar-refractivity contribution in [2.45, 2.75) is 25.1 Å². The number of alkyl halides is 3. The number of nitrogens with one attached hydrogen (secondary N) is 1. The molecule has 1 atom stereocenters. The first-order valence-electron chi connectivity index (χ1n) is 5.01. The van der Waals surface area contributed by atoms with Crippen LogP contribution in [0.1, 0.15) is 12.8 Å². The normalized spacial score (nSPS) is 20.7. The van der Waals surface area contributed by atoms with Gasteiger partial charge in [0.25, 0.3) is 0 Å². The molecule has 1 aliphatic rings. The number of carbonyl (C=O) groups is 1. The van der Waals surface area contributed by atoms with E-state index in [2.05, 4.69) is 0 Å². The van der Waals surface area contributed by atoms with E-state index in [1.165, 1.54) is 0 Å². The Balaban J connectivity index is 2.49. The van der Waals surface area contributed by atoms with Crippen molar-refractivity contribution in [2.24, 2.45) is 5.92 Å². The van der Waals surface area contributed by atoms with Gasteiger partial charge in [0.2, 0.25) is 0 Å². The first kappa shape index (κ1) is 13.2. The second kappa shape index (κ2) is 5.49. The SMILES string of the molecule is O=C(O)C(NCC(F)(F)F)C1CCOCC1. The predicted octanol–water partition coefficient (Wildman–Crippen LogP) is 1.02. The molecule has 7 heteroatoms. The Bertz CT molecular complexity index is 239. The van der Waals surface area contributed by atoms with E-state index >= 15 is 0 Å². The molecule has 0 aromatic heterocycles. The van der Waals surface area contributed by atoms with Gasteiger partial charge < -0.3 is 9.84 Å². The number of halogens is 3. The van der Waals surface area contributed by atoms with Crippen LogP contribution in [-0.4, -0.2) is 43.1 Å². The minimum Gasteiger partial charge on any atom is -0.480 e. The number of hydrogen-bond donors (Lipinski definition) is 2. The van der Waals surface area contributed by atoms with Crippen molar-refractivity contribution in [1.82, 2.24) is 5.32 Å². The van der Waals surface area contributed by atoms with Crippen molar-refractivity contribution in [3.05, 3.63) is 0 Å². The smallest absolute Gasteiger partial charge is 0.401 e. The number of rotatable bonds is 4. The maximum atomic E-state index is 12.0. The highest BCUT2D eigenvalue weighted by molar-refractivity contribution is 5.73. The summed E-state index contributed by atoms with van der Waals surface area (Å²) in [5, 5.41) is 10.9. The fourth-order valence-corrected chi connectivity index (χ4v) is 1.73. The van der Waals surface area contributed by atoms with Gasteiger partial charge in [-0.1, -0.05) is 0 Å². The molecule has 2 N–H and O–H groups in total. The van der Waals surface area contributed by atoms with Gasteiger partial charge in [-0.15, -0.1) is 0 Å². The summed E-state index contributed by atoms with van der Waals surface area (Å²) >= 11 is 0. The van der Waals surface area contributed by atoms with Crippen LogP contribution in [0.25, 0.3) is 0 Å². The van der Waals surface area contributed by atoms with Gasteiger partial charge in [-0.25, -0.2) is 0 Å². The van der Waals surface area contributed by atoms with E-state index in [1.807, 2.05) is 5.32 Å². The maximum Gasteiger partial charge on any atom is 0.401 e. The largest absolute Gasteiger partial charge is 0.480 e. The molecule has 0 aromatic rings. The molecule has 1 fully saturated rings. The van der Waals surface area contributed by atoms with Gasteiger partial charge in [0.05, 0.1) is 6.54 Å². The average Bonchev–Trinajstić information content (AvgIpc) is 2.17. The summed E-state index contributed by atoms with van der Waals surface area (Å²) in [6, 6.07) is -1.15. The Morgan fingerprint density at radius 1 is 1.44 bits per heavy atom. The van der Waals surface area contributed by atoms with Crippen molar-refractivity contribution in [3.63, 3.8) is 0 Å². The molecule has 0 saturated carbocycles. The molecule has 4 nitrogen and oxygen atoms in total. The van der Waals surface area contributed by atoms with E-state index in [0.29, 0.717) is 26.1 Å². The van der Waals surface area contributed by atoms with Crippen molar-refractivity contribution < 1.29 is 27.8 Å². The topological polar surface area (TPSA) is 58.6 Å². The van der Waals surface area contributed by atoms with E-state index in [0.717, 1.165) is 0 Å². The van der Waals surface area contributed by atoms with E-state index < -0.39 is 24.7 Å². The number of hydrogen-bond acceptors (Lipinski definition) is 3. The lowest BCUT2D eigenvalue weighted by atomic mass is 9.92. The summed E-state index contributed by atoms with van der Waals surface area (Å²) < 4.78 is 40.9. The van der Waals surface area contributed by atoms with Crippen LogP contribution < -0.4 is 5.32 Å². The molecule has 1 rings (SSSR count). The fourth-order valence-electron chi connectivity index (χ4n) is 1.73. The van der Waals surface area contributed by atoms with Crippen LogP contribution >= 0.6 is 0 Å². The highest BCUT2D eigenvalue weighted by atomic mass is 19.4. The maximum absolute atomic E-state index is 12.0. The van der Waals surface area contributed by atoms with Gasteiger partial charge in [0.15, 0.2) is 0 Å². The van der Waals surface area contributed by atoms with E-state index in [9.17, 15) is 18.0 Å². The third kappa shape index (κ3) is 4.36. The highest BCUT2D eigenvalue weighted by Gasteiger charge is 2.34. The molecule has 0 bridgehead atoms. The molecule has 1 saturated heterocycles. The van der Waals surface area contributed by atoms with Gasteiger partial charge >= 0.3 is 12.1 Å². The molecular formula is C9H14F3NO3. The molecular weight excluding hydrogens is 227 g/mol. The predicted molar refractivity (Wildman–Crippen MR) is 49.0 cm³/mol. The quantitative estimate of drug-likeness (QED) is 0.771. The molecule has 0 aliphatic carbocycles. The minimum atomic E-state index is -4.39. The van der Waals surface area contributed by atoms with E-state index in [4.69, 9.17) is 9.84 Å². The van der Waals surface area contributed by atoms with Crippen LogP contribution in [0.3, 0.4) is 0 Å². The Morgan fingerprint density at radius 3 is 2.44 bits per heavy atom. The Hall–Kier alpha value is -0.820. The summed E-state index contributed by atoms with van der Waals surface area (Å²) in [6.45, 7) is -0.467. The molecule has 0 aromatic carbocycles. The Labute approximate surface area is 90.8 Å². The molecule has 0 amide bonds. The molecule has 1 aliphatic heterocycles. The lowest BCUT2D eigenvalue weighted by Crippen LogP contribution is -2.48. The van der Waals surface area contributed by atoms with Crippen molar-refractivity contribution in [3.8, 4) is 0 Å². The zero-order chi connectivity index (χ0) is 12.2. The Morgan fingerprint density at radius 2 is 2.00 bits per heavy atom. The van der Waals surface area contributed by atoms with Crippen LogP contribution in [-0.2, 0) is 9.53 Å². The van der Waals surface area contributed by atoms with Crippen LogP contribution in [0.5, 0.6) is 0 Å². The molecule has 94 valence electrons. The average molecular weight is 241 g/mol. The summed E-state index contributed by atoms with van der Waals surface area (Å²) in [5.41, 5.74) is 0. The highest BCUT2D eigenvalue weighted by Crippen LogP contribution is 2.20. The van der Waals surface area contributed by atoms with Gasteiger partial charge in [0.1, 0.15) is 6.04 Å². The molecule has 16 heavy (non-hydrogen) atoms. The zero-order valence-electron chi connectivity index (χ0n) is 8.59. The van der Waals surface area contributed by atoms with Crippen LogP contribution in [0.2, 0.25) is 0 Å². The number of carboxylic acid groups (broad SMARTS) is 1. The lowest BCUT2D eigenvalue weighted by molar-refractivity contribution is -0.146. The molecule has 1 heterocycles. The van der Waals surface area contributed by atoms with Crippen LogP contribution in [0, 0.1) is 5.92 Å². The first-order valence-corrected chi connectivity index (χ1v) is 5.01. The summed E-state index contributed by atoms with van der Waals surface area (Å²) in [7, 11) is 0. The zero-order valence-corrected chi connectivity index (χ0v) is 8.59. The van der Waals surface area contributed by atoms with Crippen LogP contribution in [0.4, 0.5) is 13.2 Å². The van der Waals surface area contributed by atoms with Crippen molar-refractivity contribution in [1.29, 1.82) is 0 Å². The van der Waals surface area contributed by atoms with E-state index in [1.54, 1.807) is 0 Å². The third-order valence-corrected chi connectivity index (χ3v) is 2.53. The molecule has 0 spiro atoms. The van der Waals surface area contributed by atoms with Gasteiger partial charge in [-0.2, -0.15) is 13.2 Å². The van der Waals surface area contributed by atoms with Crippen molar-refractivity contribution in [2.75, 3.05) is 19.8 Å². The summed E-state index contributed by atoms with van der Waals surface area (Å²) in [6.07, 6.45) is -3.44. The van der Waals surface area contributed by atoms with E-state index in [-0.39, 0.29) is 5.92 Å². The lowest BCUT2D eigenvalue weighted by Gasteiger charge is -2.28. The minimum absolute atomic E-state index is 0.298. The monoisotopic (exact) mass is 241 g/mol. The Kier molecular flexibility index (Phi) is 4.55. The van der Waals surface area contributed by atoms with Gasteiger partial charge in [-0.05, 0) is 18.8 Å². The summed E-state index contributed by atoms with van der Waals surface area (Å²) in [5.74, 6) is -1.54. The van der Waals surface area contributed by atoms with Gasteiger partial charge in [0, 0.05) is 13.2 Å². The fraction of sp³-hybridized carbons (Fsp3) is 0.889. The standard InChI is InChI=1S/C9H14F3NO3/c10-9(11,12)5-13-7(8(14)15)6-1-3-16-4-2-6/h6-7,13H,1-5H2,(H,14,15). The first-order chi connectivity index (χ1) is 7.40.